The quantitative estimate of drug-likeness (QED) is 0.895. The fraction of sp³-hybridized carbons (Fsp3) is 0.579. The lowest BCUT2D eigenvalue weighted by Gasteiger charge is -2.33. The van der Waals surface area contributed by atoms with Gasteiger partial charge in [-0.2, -0.15) is 0 Å². The van der Waals surface area contributed by atoms with Gasteiger partial charge in [0.15, 0.2) is 0 Å². The van der Waals surface area contributed by atoms with Crippen molar-refractivity contribution in [2.24, 2.45) is 7.05 Å². The summed E-state index contributed by atoms with van der Waals surface area (Å²) >= 11 is 0. The van der Waals surface area contributed by atoms with E-state index in [9.17, 15) is 4.79 Å². The molecule has 1 fully saturated rings. The Balaban J connectivity index is 1.59. The van der Waals surface area contributed by atoms with Crippen LogP contribution >= 0.6 is 0 Å². The molecule has 2 aromatic rings. The van der Waals surface area contributed by atoms with E-state index in [1.54, 1.807) is 0 Å². The highest BCUT2D eigenvalue weighted by Crippen LogP contribution is 2.23. The Kier molecular flexibility index (Phi) is 5.11. The summed E-state index contributed by atoms with van der Waals surface area (Å²) < 4.78 is 2.13. The highest BCUT2D eigenvalue weighted by Gasteiger charge is 2.26. The summed E-state index contributed by atoms with van der Waals surface area (Å²) in [5, 5.41) is 3.51. The van der Waals surface area contributed by atoms with Crippen LogP contribution in [0.5, 0.6) is 0 Å². The molecule has 1 saturated heterocycles. The largest absolute Gasteiger partial charge is 0.340 e. The van der Waals surface area contributed by atoms with Crippen LogP contribution in [0.4, 0.5) is 0 Å². The van der Waals surface area contributed by atoms with E-state index >= 15 is 0 Å². The molecule has 25 heavy (non-hydrogen) atoms. The lowest BCUT2D eigenvalue weighted by molar-refractivity contribution is -0.132. The predicted molar refractivity (Wildman–Crippen MR) is 100 cm³/mol. The normalized spacial score (nSPS) is 16.6. The van der Waals surface area contributed by atoms with Crippen LogP contribution in [0.25, 0.3) is 11.0 Å². The van der Waals surface area contributed by atoms with Gasteiger partial charge in [-0.25, -0.2) is 4.98 Å². The van der Waals surface area contributed by atoms with Crippen LogP contribution in [0.2, 0.25) is 0 Å². The predicted octanol–water partition coefficient (Wildman–Crippen LogP) is 1.56. The molecule has 0 saturated carbocycles. The van der Waals surface area contributed by atoms with Crippen molar-refractivity contribution >= 4 is 16.9 Å². The van der Waals surface area contributed by atoms with Gasteiger partial charge in [0, 0.05) is 46.2 Å². The summed E-state index contributed by atoms with van der Waals surface area (Å²) in [5.74, 6) is 1.22. The minimum atomic E-state index is -0.295. The summed E-state index contributed by atoms with van der Waals surface area (Å²) in [4.78, 5) is 21.4. The van der Waals surface area contributed by atoms with E-state index in [2.05, 4.69) is 41.7 Å². The first-order valence-corrected chi connectivity index (χ1v) is 9.02. The third-order valence-corrected chi connectivity index (χ3v) is 5.11. The smallest absolute Gasteiger partial charge is 0.223 e. The van der Waals surface area contributed by atoms with Gasteiger partial charge < -0.3 is 19.7 Å². The number of carbonyl (C=O) groups is 1. The number of imidazole rings is 1. The number of amides is 1. The van der Waals surface area contributed by atoms with Crippen molar-refractivity contribution in [1.29, 1.82) is 0 Å². The molecule has 2 heterocycles. The van der Waals surface area contributed by atoms with E-state index in [1.165, 1.54) is 0 Å². The van der Waals surface area contributed by atoms with Crippen LogP contribution in [-0.2, 0) is 17.4 Å². The van der Waals surface area contributed by atoms with Gasteiger partial charge in [-0.05, 0) is 33.0 Å². The van der Waals surface area contributed by atoms with Gasteiger partial charge in [0.05, 0.1) is 16.6 Å². The molecule has 6 nitrogen and oxygen atoms in total. The molecule has 6 heteroatoms. The van der Waals surface area contributed by atoms with Gasteiger partial charge in [-0.1, -0.05) is 12.1 Å². The standard InChI is InChI=1S/C19H29N5O/c1-19(2,18-21-15-7-5-6-8-16(15)23(18)4)20-10-9-17(25)24-13-11-22(3)12-14-24/h5-8,20H,9-14H2,1-4H3. The molecule has 1 aliphatic heterocycles. The van der Waals surface area contributed by atoms with Gasteiger partial charge in [0.1, 0.15) is 5.82 Å². The Morgan fingerprint density at radius 2 is 1.84 bits per heavy atom. The molecule has 0 radical (unpaired) electrons. The van der Waals surface area contributed by atoms with Crippen molar-refractivity contribution in [2.45, 2.75) is 25.8 Å². The summed E-state index contributed by atoms with van der Waals surface area (Å²) in [7, 11) is 4.15. The number of benzene rings is 1. The zero-order valence-corrected chi connectivity index (χ0v) is 15.7. The molecule has 0 bridgehead atoms. The molecular weight excluding hydrogens is 314 g/mol. The molecule has 1 aromatic carbocycles. The molecule has 1 N–H and O–H groups in total. The topological polar surface area (TPSA) is 53.4 Å². The highest BCUT2D eigenvalue weighted by atomic mass is 16.2. The Labute approximate surface area is 149 Å². The third-order valence-electron chi connectivity index (χ3n) is 5.11. The fourth-order valence-electron chi connectivity index (χ4n) is 3.48. The minimum absolute atomic E-state index is 0.237. The Bertz CT molecular complexity index is 743. The van der Waals surface area contributed by atoms with E-state index in [1.807, 2.05) is 30.1 Å². The summed E-state index contributed by atoms with van der Waals surface area (Å²) in [6, 6.07) is 8.15. The van der Waals surface area contributed by atoms with E-state index in [-0.39, 0.29) is 11.4 Å². The van der Waals surface area contributed by atoms with E-state index < -0.39 is 0 Å². The molecule has 1 amide bonds. The van der Waals surface area contributed by atoms with E-state index in [0.717, 1.165) is 43.0 Å². The van der Waals surface area contributed by atoms with Gasteiger partial charge in [-0.3, -0.25) is 4.79 Å². The summed E-state index contributed by atoms with van der Waals surface area (Å²) in [6.07, 6.45) is 0.525. The number of piperazine rings is 1. The molecular formula is C19H29N5O. The second-order valence-electron chi connectivity index (χ2n) is 7.47. The number of fused-ring (bicyclic) bond motifs is 1. The van der Waals surface area contributed by atoms with Crippen molar-refractivity contribution < 1.29 is 4.79 Å². The molecule has 0 spiro atoms. The molecule has 1 aliphatic rings. The first kappa shape index (κ1) is 17.9. The number of rotatable bonds is 5. The maximum Gasteiger partial charge on any atom is 0.223 e. The number of nitrogens with one attached hydrogen (secondary N) is 1. The maximum atomic E-state index is 12.4. The third kappa shape index (κ3) is 3.85. The zero-order chi connectivity index (χ0) is 18.0. The van der Waals surface area contributed by atoms with Crippen LogP contribution < -0.4 is 5.32 Å². The molecule has 3 rings (SSSR count). The van der Waals surface area contributed by atoms with Crippen LogP contribution in [0.15, 0.2) is 24.3 Å². The van der Waals surface area contributed by atoms with Crippen molar-refractivity contribution in [1.82, 2.24) is 24.7 Å². The number of para-hydroxylation sites is 2. The summed E-state index contributed by atoms with van der Waals surface area (Å²) in [6.45, 7) is 8.49. The number of nitrogens with zero attached hydrogens (tertiary/aromatic N) is 4. The Hall–Kier alpha value is -1.92. The number of likely N-dealkylation sites (N-methyl/N-ethyl adjacent to an activating group) is 1. The molecule has 0 unspecified atom stereocenters. The average Bonchev–Trinajstić information content (AvgIpc) is 2.93. The number of hydrogen-bond acceptors (Lipinski definition) is 4. The number of carbonyl (C=O) groups excluding carboxylic acids is 1. The second-order valence-corrected chi connectivity index (χ2v) is 7.47. The van der Waals surface area contributed by atoms with Gasteiger partial charge >= 0.3 is 0 Å². The number of hydrogen-bond donors (Lipinski definition) is 1. The fourth-order valence-corrected chi connectivity index (χ4v) is 3.48. The lowest BCUT2D eigenvalue weighted by Crippen LogP contribution is -2.48. The van der Waals surface area contributed by atoms with Gasteiger partial charge in [0.25, 0.3) is 0 Å². The molecule has 1 aromatic heterocycles. The summed E-state index contributed by atoms with van der Waals surface area (Å²) in [5.41, 5.74) is 1.83. The first-order valence-electron chi connectivity index (χ1n) is 9.02. The van der Waals surface area contributed by atoms with Gasteiger partial charge in [0.2, 0.25) is 5.91 Å². The van der Waals surface area contributed by atoms with Crippen LogP contribution in [0.3, 0.4) is 0 Å². The molecule has 136 valence electrons. The van der Waals surface area contributed by atoms with Crippen LogP contribution in [-0.4, -0.2) is 65.0 Å². The van der Waals surface area contributed by atoms with Gasteiger partial charge in [-0.15, -0.1) is 0 Å². The van der Waals surface area contributed by atoms with Crippen molar-refractivity contribution in [2.75, 3.05) is 39.8 Å². The zero-order valence-electron chi connectivity index (χ0n) is 15.7. The molecule has 0 atom stereocenters. The average molecular weight is 343 g/mol. The highest BCUT2D eigenvalue weighted by molar-refractivity contribution is 5.77. The Morgan fingerprint density at radius 1 is 1.16 bits per heavy atom. The van der Waals surface area contributed by atoms with Crippen LogP contribution in [0, 0.1) is 0 Å². The number of aryl methyl sites for hydroxylation is 1. The Morgan fingerprint density at radius 3 is 2.52 bits per heavy atom. The van der Waals surface area contributed by atoms with Crippen LogP contribution in [0.1, 0.15) is 26.1 Å². The van der Waals surface area contributed by atoms with E-state index in [4.69, 9.17) is 4.98 Å². The van der Waals surface area contributed by atoms with E-state index in [0.29, 0.717) is 13.0 Å². The van der Waals surface area contributed by atoms with Crippen molar-refractivity contribution in [3.05, 3.63) is 30.1 Å². The minimum Gasteiger partial charge on any atom is -0.340 e. The first-order chi connectivity index (χ1) is 11.9. The second kappa shape index (κ2) is 7.14. The lowest BCUT2D eigenvalue weighted by atomic mass is 10.0. The number of aromatic nitrogens is 2. The SMILES string of the molecule is CN1CCN(C(=O)CCNC(C)(C)c2nc3ccccc3n2C)CC1. The monoisotopic (exact) mass is 343 g/mol. The maximum absolute atomic E-state index is 12.4. The van der Waals surface area contributed by atoms with Crippen molar-refractivity contribution in [3.63, 3.8) is 0 Å². The molecule has 0 aliphatic carbocycles. The van der Waals surface area contributed by atoms with Crippen molar-refractivity contribution in [3.8, 4) is 0 Å².